The van der Waals surface area contributed by atoms with Crippen molar-refractivity contribution in [2.75, 3.05) is 0 Å². The predicted molar refractivity (Wildman–Crippen MR) is 132 cm³/mol. The van der Waals surface area contributed by atoms with E-state index in [1.54, 1.807) is 12.1 Å². The van der Waals surface area contributed by atoms with Crippen molar-refractivity contribution >= 4 is 63.7 Å². The number of pyridine rings is 1. The third-order valence-corrected chi connectivity index (χ3v) is 6.42. The lowest BCUT2D eigenvalue weighted by Crippen LogP contribution is -2.42. The molecule has 1 aliphatic rings. The minimum absolute atomic E-state index is 0.349. The molecule has 1 aliphatic carbocycles. The van der Waals surface area contributed by atoms with E-state index in [2.05, 4.69) is 0 Å². The number of esters is 1. The van der Waals surface area contributed by atoms with Crippen LogP contribution in [0.15, 0.2) is 42.5 Å². The number of benzene rings is 2. The summed E-state index contributed by atoms with van der Waals surface area (Å²) < 4.78 is 5.42. The van der Waals surface area contributed by atoms with Gasteiger partial charge in [-0.3, -0.25) is 10.1 Å². The molecule has 7 nitrogen and oxygen atoms in total. The molecule has 0 saturated heterocycles. The number of carbonyl (C=O) groups excluding carboxylic acids is 3. The summed E-state index contributed by atoms with van der Waals surface area (Å²) in [5.74, 6) is -1.48. The molecule has 1 unspecified atom stereocenters. The standard InChI is InChI=1S/C25H21Cl2N3O4/c1-13(23(31)30-25(28)33)34-24(32)20-16-8-2-3-11-19(16)29-22-15(7-4-9-17(20)22)12-14-6-5-10-18(26)21(14)27/h2-3,5-6,8,10-13H,4,7,9H2,1H3,(H3,28,30,31,33). The molecular weight excluding hydrogens is 477 g/mol. The van der Waals surface area contributed by atoms with E-state index in [4.69, 9.17) is 38.7 Å². The highest BCUT2D eigenvalue weighted by molar-refractivity contribution is 6.43. The summed E-state index contributed by atoms with van der Waals surface area (Å²) in [6, 6.07) is 11.6. The van der Waals surface area contributed by atoms with Crippen molar-refractivity contribution in [2.24, 2.45) is 5.73 Å². The molecule has 1 atom stereocenters. The average molecular weight is 498 g/mol. The number of nitrogens with two attached hydrogens (primary N) is 1. The molecule has 4 rings (SSSR count). The number of allylic oxidation sites excluding steroid dienone is 1. The Kier molecular flexibility index (Phi) is 6.86. The molecule has 0 saturated carbocycles. The molecule has 9 heteroatoms. The molecule has 0 bridgehead atoms. The van der Waals surface area contributed by atoms with Gasteiger partial charge in [0.15, 0.2) is 6.10 Å². The first kappa shape index (κ1) is 23.7. The van der Waals surface area contributed by atoms with Crippen molar-refractivity contribution < 1.29 is 19.1 Å². The first-order valence-electron chi connectivity index (χ1n) is 10.6. The van der Waals surface area contributed by atoms with Gasteiger partial charge in [-0.1, -0.05) is 53.5 Å². The molecule has 2 aromatic carbocycles. The van der Waals surface area contributed by atoms with Gasteiger partial charge in [-0.15, -0.1) is 0 Å². The monoisotopic (exact) mass is 497 g/mol. The van der Waals surface area contributed by atoms with Crippen LogP contribution in [-0.2, 0) is 16.0 Å². The normalized spacial score (nSPS) is 15.0. The van der Waals surface area contributed by atoms with E-state index in [0.29, 0.717) is 38.6 Å². The van der Waals surface area contributed by atoms with E-state index >= 15 is 0 Å². The summed E-state index contributed by atoms with van der Waals surface area (Å²) >= 11 is 12.6. The number of nitrogens with zero attached hydrogens (tertiary/aromatic N) is 1. The van der Waals surface area contributed by atoms with Gasteiger partial charge in [-0.05, 0) is 61.1 Å². The largest absolute Gasteiger partial charge is 0.449 e. The van der Waals surface area contributed by atoms with Crippen molar-refractivity contribution in [3.05, 3.63) is 74.9 Å². The molecule has 0 aliphatic heterocycles. The van der Waals surface area contributed by atoms with E-state index < -0.39 is 24.0 Å². The van der Waals surface area contributed by atoms with Gasteiger partial charge in [0.2, 0.25) is 0 Å². The number of hydrogen-bond donors (Lipinski definition) is 2. The third-order valence-electron chi connectivity index (χ3n) is 5.59. The van der Waals surface area contributed by atoms with E-state index in [-0.39, 0.29) is 0 Å². The van der Waals surface area contributed by atoms with Crippen molar-refractivity contribution in [3.8, 4) is 0 Å². The predicted octanol–water partition coefficient (Wildman–Crippen LogP) is 5.16. The summed E-state index contributed by atoms with van der Waals surface area (Å²) in [6.07, 6.45) is 2.86. The van der Waals surface area contributed by atoms with E-state index in [9.17, 15) is 14.4 Å². The highest BCUT2D eigenvalue weighted by Gasteiger charge is 2.28. The second-order valence-corrected chi connectivity index (χ2v) is 8.68. The van der Waals surface area contributed by atoms with Crippen LogP contribution in [0.2, 0.25) is 10.0 Å². The van der Waals surface area contributed by atoms with Crippen molar-refractivity contribution in [1.29, 1.82) is 0 Å². The Bertz CT molecular complexity index is 1350. The number of aromatic nitrogens is 1. The Morgan fingerprint density at radius 1 is 1.12 bits per heavy atom. The zero-order valence-electron chi connectivity index (χ0n) is 18.2. The topological polar surface area (TPSA) is 111 Å². The maximum atomic E-state index is 13.3. The Hall–Kier alpha value is -3.42. The zero-order chi connectivity index (χ0) is 24.4. The van der Waals surface area contributed by atoms with Crippen LogP contribution < -0.4 is 11.1 Å². The maximum absolute atomic E-state index is 13.3. The Labute approximate surface area is 205 Å². The molecule has 0 spiro atoms. The Balaban J connectivity index is 1.82. The smallest absolute Gasteiger partial charge is 0.339 e. The number of hydrogen-bond acceptors (Lipinski definition) is 5. The van der Waals surface area contributed by atoms with E-state index in [1.807, 2.05) is 41.7 Å². The lowest BCUT2D eigenvalue weighted by molar-refractivity contribution is -0.127. The molecular formula is C25H21Cl2N3O4. The van der Waals surface area contributed by atoms with Crippen LogP contribution in [0, 0.1) is 0 Å². The lowest BCUT2D eigenvalue weighted by atomic mass is 9.86. The number of nitrogens with one attached hydrogen (secondary N) is 1. The average Bonchev–Trinajstić information content (AvgIpc) is 2.80. The molecule has 3 N–H and O–H groups in total. The summed E-state index contributed by atoms with van der Waals surface area (Å²) in [5.41, 5.74) is 9.06. The molecule has 34 heavy (non-hydrogen) atoms. The van der Waals surface area contributed by atoms with Crippen molar-refractivity contribution in [3.63, 3.8) is 0 Å². The van der Waals surface area contributed by atoms with Gasteiger partial charge in [-0.2, -0.15) is 0 Å². The fourth-order valence-corrected chi connectivity index (χ4v) is 4.39. The van der Waals surface area contributed by atoms with Gasteiger partial charge in [0.25, 0.3) is 5.91 Å². The SMILES string of the molecule is CC(OC(=O)c1c2c(nc3ccccc13)C(=Cc1cccc(Cl)c1Cl)CCC2)C(=O)NC(N)=O. The van der Waals surface area contributed by atoms with Crippen molar-refractivity contribution in [1.82, 2.24) is 10.3 Å². The van der Waals surface area contributed by atoms with Gasteiger partial charge >= 0.3 is 12.0 Å². The summed E-state index contributed by atoms with van der Waals surface area (Å²) in [5, 5.41) is 3.44. The number of halogens is 2. The minimum Gasteiger partial charge on any atom is -0.449 e. The molecule has 174 valence electrons. The molecule has 3 amide bonds. The van der Waals surface area contributed by atoms with Crippen LogP contribution in [0.5, 0.6) is 0 Å². The third kappa shape index (κ3) is 4.76. The Morgan fingerprint density at radius 2 is 1.88 bits per heavy atom. The van der Waals surface area contributed by atoms with Crippen LogP contribution in [0.4, 0.5) is 4.79 Å². The van der Waals surface area contributed by atoms with Gasteiger partial charge in [0.1, 0.15) is 0 Å². The molecule has 0 fully saturated rings. The number of amides is 3. The summed E-state index contributed by atoms with van der Waals surface area (Å²) in [7, 11) is 0. The molecule has 3 aromatic rings. The number of rotatable bonds is 4. The number of fused-ring (bicyclic) bond motifs is 2. The minimum atomic E-state index is -1.22. The van der Waals surface area contributed by atoms with E-state index in [1.165, 1.54) is 6.92 Å². The van der Waals surface area contributed by atoms with Gasteiger partial charge in [0, 0.05) is 5.39 Å². The molecule has 1 heterocycles. The highest BCUT2D eigenvalue weighted by atomic mass is 35.5. The number of para-hydroxylation sites is 1. The second-order valence-electron chi connectivity index (χ2n) is 7.90. The van der Waals surface area contributed by atoms with Gasteiger partial charge in [0.05, 0.1) is 26.8 Å². The lowest BCUT2D eigenvalue weighted by Gasteiger charge is -2.23. The number of carbonyl (C=O) groups is 3. The molecule has 1 aromatic heterocycles. The first-order valence-corrected chi connectivity index (χ1v) is 11.4. The molecule has 0 radical (unpaired) electrons. The Morgan fingerprint density at radius 3 is 2.65 bits per heavy atom. The van der Waals surface area contributed by atoms with Crippen molar-refractivity contribution in [2.45, 2.75) is 32.3 Å². The van der Waals surface area contributed by atoms with Crippen LogP contribution in [0.1, 0.15) is 46.9 Å². The first-order chi connectivity index (χ1) is 16.3. The van der Waals surface area contributed by atoms with Crippen LogP contribution in [-0.4, -0.2) is 29.0 Å². The fourth-order valence-electron chi connectivity index (χ4n) is 4.02. The summed E-state index contributed by atoms with van der Waals surface area (Å²) in [4.78, 5) is 41.2. The number of ether oxygens (including phenoxy) is 1. The second kappa shape index (κ2) is 9.83. The van der Waals surface area contributed by atoms with E-state index in [0.717, 1.165) is 29.5 Å². The highest BCUT2D eigenvalue weighted by Crippen LogP contribution is 2.38. The van der Waals surface area contributed by atoms with Crippen LogP contribution >= 0.6 is 23.2 Å². The van der Waals surface area contributed by atoms with Crippen LogP contribution in [0.25, 0.3) is 22.6 Å². The van der Waals surface area contributed by atoms with Gasteiger partial charge in [-0.25, -0.2) is 14.6 Å². The zero-order valence-corrected chi connectivity index (χ0v) is 19.7. The number of primary amides is 1. The number of imide groups is 1. The maximum Gasteiger partial charge on any atom is 0.339 e. The fraction of sp³-hybridized carbons (Fsp3) is 0.200. The summed E-state index contributed by atoms with van der Waals surface area (Å²) in [6.45, 7) is 1.37. The van der Waals surface area contributed by atoms with Crippen LogP contribution in [0.3, 0.4) is 0 Å². The quantitative estimate of drug-likeness (QED) is 0.483. The van der Waals surface area contributed by atoms with Gasteiger partial charge < -0.3 is 10.5 Å². The number of urea groups is 1.